The largest absolute Gasteiger partial charge is 0.454 e. The van der Waals surface area contributed by atoms with Crippen molar-refractivity contribution in [2.24, 2.45) is 16.3 Å². The molecule has 168 valence electrons. The van der Waals surface area contributed by atoms with Gasteiger partial charge in [0, 0.05) is 44.3 Å². The van der Waals surface area contributed by atoms with Crippen molar-refractivity contribution in [1.29, 1.82) is 0 Å². The standard InChI is InChI=1S/C21H31F2N3O4/c1-21(2,3)18-13(6-5-7-27-18)10-25-20(24-4)26-11-14-8-16-17(29-12-28-16)9-15(14)30-19(22)23/h8-9,13,18-19H,5-7,10-12H2,1-4H3,(H2,24,25,26). The van der Waals surface area contributed by atoms with Crippen LogP contribution in [-0.2, 0) is 11.3 Å². The number of alkyl halides is 2. The summed E-state index contributed by atoms with van der Waals surface area (Å²) in [5, 5.41) is 6.50. The molecule has 0 bridgehead atoms. The number of nitrogens with one attached hydrogen (secondary N) is 2. The summed E-state index contributed by atoms with van der Waals surface area (Å²) >= 11 is 0. The fourth-order valence-electron chi connectivity index (χ4n) is 3.95. The average molecular weight is 427 g/mol. The molecule has 0 spiro atoms. The Labute approximate surface area is 176 Å². The molecule has 9 heteroatoms. The first-order valence-electron chi connectivity index (χ1n) is 10.2. The van der Waals surface area contributed by atoms with Gasteiger partial charge >= 0.3 is 6.61 Å². The predicted molar refractivity (Wildman–Crippen MR) is 109 cm³/mol. The van der Waals surface area contributed by atoms with Gasteiger partial charge in [0.05, 0.1) is 6.10 Å². The Hall–Kier alpha value is -2.29. The maximum Gasteiger partial charge on any atom is 0.387 e. The molecule has 7 nitrogen and oxygen atoms in total. The molecular weight excluding hydrogens is 396 g/mol. The monoisotopic (exact) mass is 427 g/mol. The summed E-state index contributed by atoms with van der Waals surface area (Å²) in [5.41, 5.74) is 0.577. The number of nitrogens with zero attached hydrogens (tertiary/aromatic N) is 1. The van der Waals surface area contributed by atoms with Gasteiger partial charge in [0.2, 0.25) is 6.79 Å². The van der Waals surface area contributed by atoms with Gasteiger partial charge < -0.3 is 29.6 Å². The zero-order valence-corrected chi connectivity index (χ0v) is 18.0. The number of benzene rings is 1. The van der Waals surface area contributed by atoms with Gasteiger partial charge in [0.15, 0.2) is 17.5 Å². The van der Waals surface area contributed by atoms with Gasteiger partial charge in [-0.2, -0.15) is 8.78 Å². The summed E-state index contributed by atoms with van der Waals surface area (Å²) in [6.45, 7) is 5.44. The van der Waals surface area contributed by atoms with E-state index in [4.69, 9.17) is 14.2 Å². The van der Waals surface area contributed by atoms with E-state index in [2.05, 4.69) is 41.1 Å². The summed E-state index contributed by atoms with van der Waals surface area (Å²) in [7, 11) is 1.67. The molecule has 1 aromatic rings. The van der Waals surface area contributed by atoms with Crippen LogP contribution in [0.3, 0.4) is 0 Å². The average Bonchev–Trinajstić information content (AvgIpc) is 3.14. The lowest BCUT2D eigenvalue weighted by Crippen LogP contribution is -2.47. The summed E-state index contributed by atoms with van der Waals surface area (Å²) in [4.78, 5) is 4.25. The molecule has 1 aromatic carbocycles. The SMILES string of the molecule is CN=C(NCc1cc2c(cc1OC(F)F)OCO2)NCC1CCCOC1C(C)(C)C. The summed E-state index contributed by atoms with van der Waals surface area (Å²) in [6, 6.07) is 3.07. The Balaban J connectivity index is 1.61. The molecule has 0 saturated carbocycles. The fourth-order valence-corrected chi connectivity index (χ4v) is 3.95. The van der Waals surface area contributed by atoms with Crippen molar-refractivity contribution in [3.05, 3.63) is 17.7 Å². The normalized spacial score (nSPS) is 21.6. The molecule has 30 heavy (non-hydrogen) atoms. The van der Waals surface area contributed by atoms with E-state index in [1.807, 2.05) is 0 Å². The minimum atomic E-state index is -2.93. The summed E-state index contributed by atoms with van der Waals surface area (Å²) < 4.78 is 46.9. The van der Waals surface area contributed by atoms with Gasteiger partial charge in [-0.3, -0.25) is 4.99 Å². The van der Waals surface area contributed by atoms with Crippen molar-refractivity contribution in [3.8, 4) is 17.2 Å². The molecular formula is C21H31F2N3O4. The van der Waals surface area contributed by atoms with Gasteiger partial charge in [-0.15, -0.1) is 0 Å². The van der Waals surface area contributed by atoms with Crippen LogP contribution in [-0.4, -0.2) is 45.7 Å². The minimum absolute atomic E-state index is 0.0469. The van der Waals surface area contributed by atoms with Crippen LogP contribution in [0.5, 0.6) is 17.2 Å². The lowest BCUT2D eigenvalue weighted by atomic mass is 9.78. The lowest BCUT2D eigenvalue weighted by molar-refractivity contribution is -0.0835. The summed E-state index contributed by atoms with van der Waals surface area (Å²) in [6.07, 6.45) is 2.29. The number of guanidine groups is 1. The molecule has 2 atom stereocenters. The van der Waals surface area contributed by atoms with E-state index in [0.29, 0.717) is 35.5 Å². The number of rotatable bonds is 6. The molecule has 3 rings (SSSR count). The first-order valence-corrected chi connectivity index (χ1v) is 10.2. The topological polar surface area (TPSA) is 73.3 Å². The lowest BCUT2D eigenvalue weighted by Gasteiger charge is -2.40. The number of hydrogen-bond donors (Lipinski definition) is 2. The molecule has 2 N–H and O–H groups in total. The molecule has 0 aliphatic carbocycles. The van der Waals surface area contributed by atoms with E-state index in [-0.39, 0.29) is 30.6 Å². The highest BCUT2D eigenvalue weighted by molar-refractivity contribution is 5.79. The molecule has 0 aromatic heterocycles. The molecule has 2 unspecified atom stereocenters. The van der Waals surface area contributed by atoms with E-state index < -0.39 is 6.61 Å². The second kappa shape index (κ2) is 9.68. The first kappa shape index (κ1) is 22.4. The quantitative estimate of drug-likeness (QED) is 0.535. The van der Waals surface area contributed by atoms with Gasteiger partial charge in [-0.1, -0.05) is 20.8 Å². The minimum Gasteiger partial charge on any atom is -0.454 e. The van der Waals surface area contributed by atoms with Gasteiger partial charge in [0.25, 0.3) is 0 Å². The second-order valence-electron chi connectivity index (χ2n) is 8.56. The van der Waals surface area contributed by atoms with E-state index in [1.165, 1.54) is 6.07 Å². The Bertz CT molecular complexity index is 753. The number of ether oxygens (including phenoxy) is 4. The Kier molecular flexibility index (Phi) is 7.23. The maximum atomic E-state index is 12.8. The smallest absolute Gasteiger partial charge is 0.387 e. The van der Waals surface area contributed by atoms with Crippen molar-refractivity contribution >= 4 is 5.96 Å². The van der Waals surface area contributed by atoms with Crippen LogP contribution in [0.25, 0.3) is 0 Å². The number of fused-ring (bicyclic) bond motifs is 1. The van der Waals surface area contributed by atoms with Crippen LogP contribution in [0.2, 0.25) is 0 Å². The van der Waals surface area contributed by atoms with Crippen LogP contribution in [0.15, 0.2) is 17.1 Å². The highest BCUT2D eigenvalue weighted by Crippen LogP contribution is 2.38. The maximum absolute atomic E-state index is 12.8. The number of aliphatic imine (C=N–C) groups is 1. The third-order valence-corrected chi connectivity index (χ3v) is 5.27. The van der Waals surface area contributed by atoms with Crippen LogP contribution >= 0.6 is 0 Å². The van der Waals surface area contributed by atoms with E-state index in [0.717, 1.165) is 19.4 Å². The molecule has 0 amide bonds. The van der Waals surface area contributed by atoms with Crippen molar-refractivity contribution in [2.75, 3.05) is 27.0 Å². The van der Waals surface area contributed by atoms with Gasteiger partial charge in [0.1, 0.15) is 5.75 Å². The van der Waals surface area contributed by atoms with Crippen molar-refractivity contribution < 1.29 is 27.7 Å². The number of halogens is 2. The highest BCUT2D eigenvalue weighted by Gasteiger charge is 2.35. The van der Waals surface area contributed by atoms with Crippen molar-refractivity contribution in [3.63, 3.8) is 0 Å². The van der Waals surface area contributed by atoms with E-state index in [1.54, 1.807) is 13.1 Å². The molecule has 2 aliphatic heterocycles. The number of hydrogen-bond acceptors (Lipinski definition) is 5. The molecule has 1 saturated heterocycles. The third-order valence-electron chi connectivity index (χ3n) is 5.27. The van der Waals surface area contributed by atoms with Crippen LogP contribution in [0.4, 0.5) is 8.78 Å². The molecule has 2 heterocycles. The molecule has 1 fully saturated rings. The van der Waals surface area contributed by atoms with E-state index >= 15 is 0 Å². The van der Waals surface area contributed by atoms with Crippen LogP contribution in [0, 0.1) is 11.3 Å². The van der Waals surface area contributed by atoms with Crippen LogP contribution in [0.1, 0.15) is 39.2 Å². The Morgan fingerprint density at radius 1 is 1.23 bits per heavy atom. The van der Waals surface area contributed by atoms with Crippen LogP contribution < -0.4 is 24.8 Å². The van der Waals surface area contributed by atoms with E-state index in [9.17, 15) is 8.78 Å². The zero-order chi connectivity index (χ0) is 21.7. The Morgan fingerprint density at radius 2 is 1.97 bits per heavy atom. The zero-order valence-electron chi connectivity index (χ0n) is 18.0. The highest BCUT2D eigenvalue weighted by atomic mass is 19.3. The third kappa shape index (κ3) is 5.65. The van der Waals surface area contributed by atoms with Gasteiger partial charge in [-0.05, 0) is 24.3 Å². The summed E-state index contributed by atoms with van der Waals surface area (Å²) in [5.74, 6) is 1.88. The Morgan fingerprint density at radius 3 is 2.63 bits per heavy atom. The van der Waals surface area contributed by atoms with Crippen molar-refractivity contribution in [2.45, 2.75) is 52.9 Å². The van der Waals surface area contributed by atoms with Crippen molar-refractivity contribution in [1.82, 2.24) is 10.6 Å². The second-order valence-corrected chi connectivity index (χ2v) is 8.56. The molecule has 2 aliphatic rings. The van der Waals surface area contributed by atoms with Gasteiger partial charge in [-0.25, -0.2) is 0 Å². The predicted octanol–water partition coefficient (Wildman–Crippen LogP) is 3.52. The first-order chi connectivity index (χ1) is 14.3. The molecule has 0 radical (unpaired) electrons. The fraction of sp³-hybridized carbons (Fsp3) is 0.667.